The summed E-state index contributed by atoms with van der Waals surface area (Å²) < 4.78 is 31.1. The van der Waals surface area contributed by atoms with E-state index >= 15 is 0 Å². The largest absolute Gasteiger partial charge is 0.495 e. The van der Waals surface area contributed by atoms with E-state index in [1.54, 1.807) is 7.11 Å². The highest BCUT2D eigenvalue weighted by molar-refractivity contribution is 7.88. The molecule has 29 heavy (non-hydrogen) atoms. The lowest BCUT2D eigenvalue weighted by molar-refractivity contribution is -0.0107. The van der Waals surface area contributed by atoms with E-state index in [1.807, 2.05) is 12.1 Å². The molecular formula is C21H34N4O3S. The van der Waals surface area contributed by atoms with E-state index in [-0.39, 0.29) is 0 Å². The van der Waals surface area contributed by atoms with Crippen LogP contribution in [0.1, 0.15) is 12.8 Å². The number of nitrogens with zero attached hydrogens (tertiary/aromatic N) is 3. The van der Waals surface area contributed by atoms with Crippen LogP contribution >= 0.6 is 0 Å². The van der Waals surface area contributed by atoms with Crippen molar-refractivity contribution in [2.45, 2.75) is 18.9 Å². The number of hydrogen-bond acceptors (Lipinski definition) is 6. The number of ether oxygens (including phenoxy) is 1. The minimum absolute atomic E-state index is 0.363. The topological polar surface area (TPSA) is 65.1 Å². The fourth-order valence-electron chi connectivity index (χ4n) is 5.31. The Morgan fingerprint density at radius 2 is 1.90 bits per heavy atom. The van der Waals surface area contributed by atoms with Crippen LogP contribution in [0.4, 0.5) is 5.69 Å². The van der Waals surface area contributed by atoms with E-state index in [1.165, 1.54) is 18.4 Å². The van der Waals surface area contributed by atoms with Crippen molar-refractivity contribution in [2.24, 2.45) is 11.8 Å². The van der Waals surface area contributed by atoms with Crippen molar-refractivity contribution >= 4 is 15.7 Å². The highest BCUT2D eigenvalue weighted by Crippen LogP contribution is 2.37. The molecule has 0 aliphatic carbocycles. The molecule has 4 atom stereocenters. The molecule has 1 N–H and O–H groups in total. The van der Waals surface area contributed by atoms with Gasteiger partial charge in [0.2, 0.25) is 10.0 Å². The maximum atomic E-state index is 11.4. The first-order valence-corrected chi connectivity index (χ1v) is 12.6. The fraction of sp³-hybridized carbons (Fsp3) is 0.714. The molecule has 1 aromatic carbocycles. The number of sulfonamides is 1. The zero-order valence-corrected chi connectivity index (χ0v) is 18.4. The fourth-order valence-corrected chi connectivity index (χ4v) is 5.81. The van der Waals surface area contributed by atoms with Crippen LogP contribution in [0.5, 0.6) is 5.75 Å². The summed E-state index contributed by atoms with van der Waals surface area (Å²) in [5.74, 6) is 2.38. The van der Waals surface area contributed by atoms with Gasteiger partial charge in [-0.25, -0.2) is 13.1 Å². The van der Waals surface area contributed by atoms with Gasteiger partial charge in [-0.1, -0.05) is 12.1 Å². The molecule has 0 radical (unpaired) electrons. The van der Waals surface area contributed by atoms with Gasteiger partial charge in [-0.3, -0.25) is 9.80 Å². The van der Waals surface area contributed by atoms with Crippen molar-refractivity contribution in [2.75, 3.05) is 70.6 Å². The molecule has 5 rings (SSSR count). The van der Waals surface area contributed by atoms with Crippen molar-refractivity contribution < 1.29 is 13.2 Å². The van der Waals surface area contributed by atoms with E-state index in [4.69, 9.17) is 4.74 Å². The minimum Gasteiger partial charge on any atom is -0.495 e. The van der Waals surface area contributed by atoms with E-state index in [9.17, 15) is 8.42 Å². The van der Waals surface area contributed by atoms with Crippen molar-refractivity contribution in [1.29, 1.82) is 0 Å². The summed E-state index contributed by atoms with van der Waals surface area (Å²) in [6.07, 6.45) is 3.62. The van der Waals surface area contributed by atoms with Crippen LogP contribution in [-0.4, -0.2) is 90.0 Å². The van der Waals surface area contributed by atoms with E-state index in [0.717, 1.165) is 63.9 Å². The summed E-state index contributed by atoms with van der Waals surface area (Å²) >= 11 is 0. The minimum atomic E-state index is -3.11. The zero-order valence-electron chi connectivity index (χ0n) is 17.6. The second-order valence-electron chi connectivity index (χ2n) is 8.77. The number of rotatable bonds is 7. The Kier molecular flexibility index (Phi) is 6.34. The molecule has 0 aromatic heterocycles. The van der Waals surface area contributed by atoms with Crippen LogP contribution in [0.25, 0.3) is 0 Å². The molecule has 0 amide bonds. The highest BCUT2D eigenvalue weighted by Gasteiger charge is 2.40. The Bertz CT molecular complexity index is 795. The molecule has 162 valence electrons. The van der Waals surface area contributed by atoms with Crippen LogP contribution in [0.2, 0.25) is 0 Å². The summed E-state index contributed by atoms with van der Waals surface area (Å²) in [6.45, 7) is 8.16. The zero-order chi connectivity index (χ0) is 20.4. The first kappa shape index (κ1) is 20.9. The standard InChI is InChI=1S/C21H34N4O3S/c1-28-21-6-4-3-5-20(21)24-11-9-23(10-12-24)15-18-16-25-8-7-17(18)13-19(25)14-22-29(2,26)27/h3-6,17-19,22H,7-16H2,1-2H3/t17-,18+,19+/m0/s1. The maximum absolute atomic E-state index is 11.4. The lowest BCUT2D eigenvalue weighted by Gasteiger charge is -2.51. The number of fused-ring (bicyclic) bond motifs is 3. The summed E-state index contributed by atoms with van der Waals surface area (Å²) in [7, 11) is -1.37. The van der Waals surface area contributed by atoms with Gasteiger partial charge in [0.25, 0.3) is 0 Å². The average molecular weight is 423 g/mol. The number of piperazine rings is 1. The van der Waals surface area contributed by atoms with Gasteiger partial charge >= 0.3 is 0 Å². The number of para-hydroxylation sites is 2. The first-order chi connectivity index (χ1) is 13.9. The number of benzene rings is 1. The number of nitrogens with one attached hydrogen (secondary N) is 1. The van der Waals surface area contributed by atoms with Gasteiger partial charge in [0, 0.05) is 51.9 Å². The lowest BCUT2D eigenvalue weighted by Crippen LogP contribution is -2.59. The van der Waals surface area contributed by atoms with Crippen LogP contribution in [0.3, 0.4) is 0 Å². The maximum Gasteiger partial charge on any atom is 0.208 e. The van der Waals surface area contributed by atoms with Crippen molar-refractivity contribution in [3.8, 4) is 5.75 Å². The van der Waals surface area contributed by atoms with Gasteiger partial charge in [-0.2, -0.15) is 0 Å². The third-order valence-corrected chi connectivity index (χ3v) is 7.58. The second-order valence-corrected chi connectivity index (χ2v) is 10.6. The molecule has 0 saturated carbocycles. The summed E-state index contributed by atoms with van der Waals surface area (Å²) in [5.41, 5.74) is 1.19. The van der Waals surface area contributed by atoms with Crippen molar-refractivity contribution in [3.05, 3.63) is 24.3 Å². The Morgan fingerprint density at radius 1 is 1.14 bits per heavy atom. The van der Waals surface area contributed by atoms with Crippen LogP contribution in [0, 0.1) is 11.8 Å². The molecule has 4 heterocycles. The third kappa shape index (κ3) is 5.05. The Balaban J connectivity index is 1.27. The van der Waals surface area contributed by atoms with E-state index < -0.39 is 10.0 Å². The Labute approximate surface area is 175 Å². The molecule has 1 aromatic rings. The SMILES string of the molecule is COc1ccccc1N1CCN(C[C@@H]2CN3CC[C@H]2C[C@@H]3CNS(C)(=O)=O)CC1. The van der Waals surface area contributed by atoms with Gasteiger partial charge in [0.15, 0.2) is 0 Å². The van der Waals surface area contributed by atoms with Gasteiger partial charge < -0.3 is 9.64 Å². The summed E-state index contributed by atoms with van der Waals surface area (Å²) in [5, 5.41) is 0. The van der Waals surface area contributed by atoms with Crippen LogP contribution in [-0.2, 0) is 10.0 Å². The molecule has 8 heteroatoms. The molecule has 4 saturated heterocycles. The molecule has 4 fully saturated rings. The molecule has 1 unspecified atom stereocenters. The molecule has 7 nitrogen and oxygen atoms in total. The monoisotopic (exact) mass is 422 g/mol. The predicted molar refractivity (Wildman–Crippen MR) is 116 cm³/mol. The average Bonchev–Trinajstić information content (AvgIpc) is 2.73. The number of anilines is 1. The molecular weight excluding hydrogens is 388 g/mol. The van der Waals surface area contributed by atoms with Gasteiger partial charge in [0.1, 0.15) is 5.75 Å². The highest BCUT2D eigenvalue weighted by atomic mass is 32.2. The third-order valence-electron chi connectivity index (χ3n) is 6.89. The Hall–Kier alpha value is -1.35. The van der Waals surface area contributed by atoms with Gasteiger partial charge in [-0.05, 0) is 43.4 Å². The molecule has 4 aliphatic rings. The van der Waals surface area contributed by atoms with Gasteiger partial charge in [-0.15, -0.1) is 0 Å². The molecule has 2 bridgehead atoms. The summed E-state index contributed by atoms with van der Waals surface area (Å²) in [4.78, 5) is 7.55. The Morgan fingerprint density at radius 3 is 2.55 bits per heavy atom. The normalized spacial score (nSPS) is 30.5. The predicted octanol–water partition coefficient (Wildman–Crippen LogP) is 1.08. The van der Waals surface area contributed by atoms with Crippen LogP contribution in [0.15, 0.2) is 24.3 Å². The van der Waals surface area contributed by atoms with Crippen molar-refractivity contribution in [1.82, 2.24) is 14.5 Å². The molecule has 4 aliphatic heterocycles. The number of piperidine rings is 3. The number of methoxy groups -OCH3 is 1. The smallest absolute Gasteiger partial charge is 0.208 e. The van der Waals surface area contributed by atoms with Gasteiger partial charge in [0.05, 0.1) is 19.1 Å². The summed E-state index contributed by atoms with van der Waals surface area (Å²) in [6, 6.07) is 8.63. The second kappa shape index (κ2) is 8.79. The quantitative estimate of drug-likeness (QED) is 0.709. The van der Waals surface area contributed by atoms with E-state index in [2.05, 4.69) is 31.6 Å². The van der Waals surface area contributed by atoms with E-state index in [0.29, 0.717) is 18.5 Å². The van der Waals surface area contributed by atoms with Crippen LogP contribution < -0.4 is 14.4 Å². The lowest BCUT2D eigenvalue weighted by atomic mass is 9.75. The number of hydrogen-bond donors (Lipinski definition) is 1. The first-order valence-electron chi connectivity index (χ1n) is 10.7. The molecule has 0 spiro atoms. The van der Waals surface area contributed by atoms with Crippen molar-refractivity contribution in [3.63, 3.8) is 0 Å².